The topological polar surface area (TPSA) is 49.9 Å². The van der Waals surface area contributed by atoms with Crippen LogP contribution in [0.5, 0.6) is 5.75 Å². The standard InChI is InChI=1S/C18H28N2O3S/c1-19(16-7-4-3-5-8-16)24(21,22)20-14-6-9-18(20)15-10-12-17(23-2)13-11-15/h10-13,16,18H,3-9,14H2,1-2H3. The van der Waals surface area contributed by atoms with Gasteiger partial charge in [0.15, 0.2) is 0 Å². The van der Waals surface area contributed by atoms with Crippen LogP contribution in [0.15, 0.2) is 24.3 Å². The fraction of sp³-hybridized carbons (Fsp3) is 0.667. The molecule has 0 spiro atoms. The molecule has 1 heterocycles. The Bertz CT molecular complexity index is 639. The maximum Gasteiger partial charge on any atom is 0.282 e. The third-order valence-electron chi connectivity index (χ3n) is 5.45. The van der Waals surface area contributed by atoms with Gasteiger partial charge in [0.1, 0.15) is 5.75 Å². The van der Waals surface area contributed by atoms with Gasteiger partial charge in [0.25, 0.3) is 10.2 Å². The van der Waals surface area contributed by atoms with Crippen molar-refractivity contribution >= 4 is 10.2 Å². The van der Waals surface area contributed by atoms with Crippen LogP contribution in [-0.4, -0.2) is 43.8 Å². The third kappa shape index (κ3) is 3.46. The zero-order chi connectivity index (χ0) is 17.2. The zero-order valence-electron chi connectivity index (χ0n) is 14.6. The number of rotatable bonds is 5. The van der Waals surface area contributed by atoms with Crippen molar-refractivity contribution in [2.75, 3.05) is 20.7 Å². The predicted molar refractivity (Wildman–Crippen MR) is 95.2 cm³/mol. The number of ether oxygens (including phenoxy) is 1. The van der Waals surface area contributed by atoms with Gasteiger partial charge < -0.3 is 4.74 Å². The minimum absolute atomic E-state index is 0.0630. The van der Waals surface area contributed by atoms with Crippen LogP contribution in [-0.2, 0) is 10.2 Å². The summed E-state index contributed by atoms with van der Waals surface area (Å²) < 4.78 is 34.9. The Balaban J connectivity index is 1.80. The Labute approximate surface area is 145 Å². The van der Waals surface area contributed by atoms with Crippen LogP contribution in [0.1, 0.15) is 56.6 Å². The maximum atomic E-state index is 13.2. The summed E-state index contributed by atoms with van der Waals surface area (Å²) in [6, 6.07) is 7.87. The Morgan fingerprint density at radius 2 is 1.71 bits per heavy atom. The van der Waals surface area contributed by atoms with Gasteiger partial charge in [-0.25, -0.2) is 0 Å². The van der Waals surface area contributed by atoms with Crippen molar-refractivity contribution in [1.82, 2.24) is 8.61 Å². The summed E-state index contributed by atoms with van der Waals surface area (Å²) in [5.41, 5.74) is 1.05. The summed E-state index contributed by atoms with van der Waals surface area (Å²) in [5.74, 6) is 0.797. The molecule has 2 fully saturated rings. The molecule has 0 N–H and O–H groups in total. The average Bonchev–Trinajstić information content (AvgIpc) is 3.12. The van der Waals surface area contributed by atoms with Crippen LogP contribution in [0.25, 0.3) is 0 Å². The Morgan fingerprint density at radius 1 is 1.04 bits per heavy atom. The molecule has 0 radical (unpaired) electrons. The molecule has 1 aromatic rings. The highest BCUT2D eigenvalue weighted by molar-refractivity contribution is 7.86. The summed E-state index contributed by atoms with van der Waals surface area (Å²) in [6.07, 6.45) is 7.24. The van der Waals surface area contributed by atoms with E-state index >= 15 is 0 Å². The summed E-state index contributed by atoms with van der Waals surface area (Å²) in [4.78, 5) is 0. The number of hydrogen-bond acceptors (Lipinski definition) is 3. The van der Waals surface area contributed by atoms with E-state index in [1.54, 1.807) is 22.8 Å². The summed E-state index contributed by atoms with van der Waals surface area (Å²) in [7, 11) is -0.0179. The lowest BCUT2D eigenvalue weighted by atomic mass is 9.96. The van der Waals surface area contributed by atoms with Gasteiger partial charge in [0.05, 0.1) is 13.2 Å². The first-order valence-electron chi connectivity index (χ1n) is 8.93. The molecule has 1 atom stereocenters. The van der Waals surface area contributed by atoms with E-state index in [0.717, 1.165) is 49.8 Å². The van der Waals surface area contributed by atoms with Gasteiger partial charge in [0, 0.05) is 19.6 Å². The molecule has 1 unspecified atom stereocenters. The fourth-order valence-corrected chi connectivity index (χ4v) is 5.80. The summed E-state index contributed by atoms with van der Waals surface area (Å²) >= 11 is 0. The molecule has 1 aromatic carbocycles. The summed E-state index contributed by atoms with van der Waals surface area (Å²) in [5, 5.41) is 0. The van der Waals surface area contributed by atoms with E-state index in [4.69, 9.17) is 4.74 Å². The Hall–Kier alpha value is -1.11. The molecule has 0 aromatic heterocycles. The summed E-state index contributed by atoms with van der Waals surface area (Å²) in [6.45, 7) is 0.607. The first kappa shape index (κ1) is 17.7. The van der Waals surface area contributed by atoms with E-state index < -0.39 is 10.2 Å². The van der Waals surface area contributed by atoms with E-state index in [1.165, 1.54) is 6.42 Å². The van der Waals surface area contributed by atoms with Crippen LogP contribution in [0.2, 0.25) is 0 Å². The van der Waals surface area contributed by atoms with E-state index in [0.29, 0.717) is 6.54 Å². The van der Waals surface area contributed by atoms with Gasteiger partial charge in [-0.15, -0.1) is 0 Å². The normalized spacial score (nSPS) is 23.7. The first-order chi connectivity index (χ1) is 11.5. The lowest BCUT2D eigenvalue weighted by Gasteiger charge is -2.35. The maximum absolute atomic E-state index is 13.2. The van der Waals surface area contributed by atoms with Crippen molar-refractivity contribution in [3.05, 3.63) is 29.8 Å². The van der Waals surface area contributed by atoms with Crippen LogP contribution < -0.4 is 4.74 Å². The molecule has 1 aliphatic carbocycles. The molecular weight excluding hydrogens is 324 g/mol. The van der Waals surface area contributed by atoms with Gasteiger partial charge in [0.2, 0.25) is 0 Å². The van der Waals surface area contributed by atoms with Gasteiger partial charge in [-0.3, -0.25) is 0 Å². The molecular formula is C18H28N2O3S. The SMILES string of the molecule is COc1ccc(C2CCCN2S(=O)(=O)N(C)C2CCCCC2)cc1. The second-order valence-corrected chi connectivity index (χ2v) is 8.80. The van der Waals surface area contributed by atoms with Gasteiger partial charge >= 0.3 is 0 Å². The van der Waals surface area contributed by atoms with Crippen LogP contribution >= 0.6 is 0 Å². The molecule has 0 bridgehead atoms. The average molecular weight is 353 g/mol. The van der Waals surface area contributed by atoms with Crippen molar-refractivity contribution in [3.8, 4) is 5.75 Å². The van der Waals surface area contributed by atoms with Crippen molar-refractivity contribution < 1.29 is 13.2 Å². The minimum atomic E-state index is -3.42. The van der Waals surface area contributed by atoms with Gasteiger partial charge in [-0.2, -0.15) is 17.0 Å². The molecule has 5 nitrogen and oxygen atoms in total. The molecule has 6 heteroatoms. The Morgan fingerprint density at radius 3 is 2.33 bits per heavy atom. The fourth-order valence-electron chi connectivity index (χ4n) is 3.97. The lowest BCUT2D eigenvalue weighted by molar-refractivity contribution is 0.259. The molecule has 3 rings (SSSR count). The second kappa shape index (κ2) is 7.42. The monoisotopic (exact) mass is 352 g/mol. The van der Waals surface area contributed by atoms with E-state index in [9.17, 15) is 8.42 Å². The quantitative estimate of drug-likeness (QED) is 0.817. The lowest BCUT2D eigenvalue weighted by Crippen LogP contribution is -2.46. The molecule has 1 aliphatic heterocycles. The number of hydrogen-bond donors (Lipinski definition) is 0. The number of methoxy groups -OCH3 is 1. The van der Waals surface area contributed by atoms with Crippen molar-refractivity contribution in [2.45, 2.75) is 57.0 Å². The zero-order valence-corrected chi connectivity index (χ0v) is 15.5. The smallest absolute Gasteiger partial charge is 0.282 e. The van der Waals surface area contributed by atoms with Crippen LogP contribution in [0.4, 0.5) is 0 Å². The third-order valence-corrected chi connectivity index (χ3v) is 7.51. The molecule has 1 saturated carbocycles. The highest BCUT2D eigenvalue weighted by atomic mass is 32.2. The largest absolute Gasteiger partial charge is 0.497 e. The highest BCUT2D eigenvalue weighted by Crippen LogP contribution is 2.37. The second-order valence-electron chi connectivity index (χ2n) is 6.86. The Kier molecular flexibility index (Phi) is 5.47. The van der Waals surface area contributed by atoms with E-state index in [1.807, 2.05) is 24.3 Å². The molecule has 0 amide bonds. The van der Waals surface area contributed by atoms with Gasteiger partial charge in [-0.1, -0.05) is 31.4 Å². The molecule has 2 aliphatic rings. The highest BCUT2D eigenvalue weighted by Gasteiger charge is 2.39. The van der Waals surface area contributed by atoms with E-state index in [2.05, 4.69) is 0 Å². The molecule has 134 valence electrons. The minimum Gasteiger partial charge on any atom is -0.497 e. The van der Waals surface area contributed by atoms with Crippen molar-refractivity contribution in [1.29, 1.82) is 0 Å². The first-order valence-corrected chi connectivity index (χ1v) is 10.3. The van der Waals surface area contributed by atoms with Crippen molar-refractivity contribution in [2.24, 2.45) is 0 Å². The number of benzene rings is 1. The van der Waals surface area contributed by atoms with Crippen LogP contribution in [0.3, 0.4) is 0 Å². The van der Waals surface area contributed by atoms with Crippen LogP contribution in [0, 0.1) is 0 Å². The molecule has 1 saturated heterocycles. The predicted octanol–water partition coefficient (Wildman–Crippen LogP) is 3.34. The van der Waals surface area contributed by atoms with Crippen molar-refractivity contribution in [3.63, 3.8) is 0 Å². The number of nitrogens with zero attached hydrogens (tertiary/aromatic N) is 2. The van der Waals surface area contributed by atoms with E-state index in [-0.39, 0.29) is 12.1 Å². The molecule has 24 heavy (non-hydrogen) atoms. The van der Waals surface area contributed by atoms with Gasteiger partial charge in [-0.05, 0) is 43.4 Å².